The molecule has 6 nitrogen and oxygen atoms in total. The second-order valence-corrected chi connectivity index (χ2v) is 6.88. The molecule has 0 aliphatic rings. The summed E-state index contributed by atoms with van der Waals surface area (Å²) in [6, 6.07) is 4.24. The van der Waals surface area contributed by atoms with E-state index in [1.807, 2.05) is 36.9 Å². The van der Waals surface area contributed by atoms with Gasteiger partial charge in [0.15, 0.2) is 5.65 Å². The predicted octanol–water partition coefficient (Wildman–Crippen LogP) is 3.25. The first-order valence-corrected chi connectivity index (χ1v) is 8.80. The Bertz CT molecular complexity index is 1010. The molecule has 3 aromatic rings. The molecule has 0 aliphatic heterocycles. The maximum absolute atomic E-state index is 12.2. The number of pyridine rings is 2. The normalized spacial score (nSPS) is 11.4. The predicted molar refractivity (Wildman–Crippen MR) is 105 cm³/mol. The molecule has 0 atom stereocenters. The van der Waals surface area contributed by atoms with Crippen LogP contribution < -0.4 is 10.9 Å². The summed E-state index contributed by atoms with van der Waals surface area (Å²) in [7, 11) is 0. The van der Waals surface area contributed by atoms with Gasteiger partial charge < -0.3 is 10.3 Å². The number of aromatic amines is 1. The van der Waals surface area contributed by atoms with Gasteiger partial charge in [0.05, 0.1) is 11.9 Å². The van der Waals surface area contributed by atoms with Crippen LogP contribution in [0.15, 0.2) is 29.7 Å². The zero-order chi connectivity index (χ0) is 18.8. The Morgan fingerprint density at radius 1 is 1.31 bits per heavy atom. The van der Waals surface area contributed by atoms with Crippen molar-refractivity contribution in [3.8, 4) is 0 Å². The fraction of sp³-hybridized carbons (Fsp3) is 0.350. The number of fused-ring (bicyclic) bond motifs is 1. The molecule has 6 heteroatoms. The highest BCUT2D eigenvalue weighted by Gasteiger charge is 2.13. The molecular weight excluding hydrogens is 326 g/mol. The van der Waals surface area contributed by atoms with Gasteiger partial charge in [0.2, 0.25) is 0 Å². The summed E-state index contributed by atoms with van der Waals surface area (Å²) >= 11 is 0. The van der Waals surface area contributed by atoms with Gasteiger partial charge in [-0.1, -0.05) is 6.58 Å². The van der Waals surface area contributed by atoms with Crippen LogP contribution in [0.4, 0.5) is 0 Å². The third kappa shape index (κ3) is 3.46. The first kappa shape index (κ1) is 18.1. The van der Waals surface area contributed by atoms with Crippen molar-refractivity contribution in [1.82, 2.24) is 25.1 Å². The maximum Gasteiger partial charge on any atom is 0.252 e. The maximum atomic E-state index is 12.2. The van der Waals surface area contributed by atoms with Crippen LogP contribution in [-0.4, -0.2) is 19.7 Å². The van der Waals surface area contributed by atoms with Gasteiger partial charge in [0.25, 0.3) is 5.56 Å². The average molecular weight is 351 g/mol. The zero-order valence-corrected chi connectivity index (χ0v) is 15.8. The van der Waals surface area contributed by atoms with Crippen LogP contribution in [0.3, 0.4) is 0 Å². The third-order valence-corrected chi connectivity index (χ3v) is 4.48. The second-order valence-electron chi connectivity index (χ2n) is 6.88. The van der Waals surface area contributed by atoms with E-state index in [2.05, 4.69) is 40.8 Å². The fourth-order valence-corrected chi connectivity index (χ4v) is 3.16. The summed E-state index contributed by atoms with van der Waals surface area (Å²) < 4.78 is 1.92. The van der Waals surface area contributed by atoms with Crippen molar-refractivity contribution in [2.24, 2.45) is 0 Å². The van der Waals surface area contributed by atoms with Crippen molar-refractivity contribution in [2.75, 3.05) is 0 Å². The highest BCUT2D eigenvalue weighted by Crippen LogP contribution is 2.21. The molecule has 2 N–H and O–H groups in total. The Kier molecular flexibility index (Phi) is 5.04. The molecule has 0 spiro atoms. The molecule has 0 unspecified atom stereocenters. The van der Waals surface area contributed by atoms with E-state index >= 15 is 0 Å². The molecule has 0 amide bonds. The molecule has 0 saturated heterocycles. The quantitative estimate of drug-likeness (QED) is 0.715. The molecule has 3 heterocycles. The number of hydrogen-bond donors (Lipinski definition) is 2. The topological polar surface area (TPSA) is 75.6 Å². The lowest BCUT2D eigenvalue weighted by atomic mass is 10.1. The largest absolute Gasteiger partial charge is 0.326 e. The van der Waals surface area contributed by atoms with Crippen molar-refractivity contribution < 1.29 is 0 Å². The molecule has 0 radical (unpaired) electrons. The van der Waals surface area contributed by atoms with E-state index in [0.29, 0.717) is 13.1 Å². The van der Waals surface area contributed by atoms with Crippen molar-refractivity contribution >= 4 is 17.1 Å². The number of H-pyrrole nitrogens is 1. The highest BCUT2D eigenvalue weighted by atomic mass is 16.1. The van der Waals surface area contributed by atoms with Crippen LogP contribution >= 0.6 is 0 Å². The van der Waals surface area contributed by atoms with Gasteiger partial charge in [-0.3, -0.25) is 4.79 Å². The van der Waals surface area contributed by atoms with E-state index in [1.54, 1.807) is 6.08 Å². The number of nitrogens with one attached hydrogen (secondary N) is 2. The van der Waals surface area contributed by atoms with Crippen LogP contribution in [0.5, 0.6) is 0 Å². The minimum absolute atomic E-state index is 0.0331. The molecule has 3 aromatic heterocycles. The number of hydrogen-bond acceptors (Lipinski definition) is 4. The lowest BCUT2D eigenvalue weighted by molar-refractivity contribution is 0.546. The first-order valence-electron chi connectivity index (χ1n) is 8.80. The SMILES string of the molecule is C=Cc1cc(CNCc2c(C)cc(C)[nH]c2=O)c2cnn(C(C)C)c2n1. The number of aryl methyl sites for hydroxylation is 2. The van der Waals surface area contributed by atoms with Crippen LogP contribution in [0.25, 0.3) is 17.1 Å². The smallest absolute Gasteiger partial charge is 0.252 e. The van der Waals surface area contributed by atoms with Gasteiger partial charge in [-0.15, -0.1) is 0 Å². The number of rotatable bonds is 6. The molecule has 136 valence electrons. The van der Waals surface area contributed by atoms with E-state index in [-0.39, 0.29) is 11.6 Å². The summed E-state index contributed by atoms with van der Waals surface area (Å²) in [5.74, 6) is 0. The standard InChI is InChI=1S/C20H25N5O/c1-6-16-8-15(18-11-22-25(12(2)3)19(18)24-16)9-21-10-17-13(4)7-14(5)23-20(17)26/h6-8,11-12,21H,1,9-10H2,2-5H3,(H,23,26). The van der Waals surface area contributed by atoms with Crippen molar-refractivity contribution in [1.29, 1.82) is 0 Å². The number of aromatic nitrogens is 4. The number of nitrogens with zero attached hydrogens (tertiary/aromatic N) is 3. The molecule has 0 bridgehead atoms. The Labute approximate surface area is 153 Å². The van der Waals surface area contributed by atoms with E-state index in [1.165, 1.54) is 0 Å². The highest BCUT2D eigenvalue weighted by molar-refractivity contribution is 5.80. The van der Waals surface area contributed by atoms with Crippen LogP contribution in [0.1, 0.15) is 48.0 Å². The van der Waals surface area contributed by atoms with E-state index in [4.69, 9.17) is 0 Å². The Morgan fingerprint density at radius 2 is 2.08 bits per heavy atom. The van der Waals surface area contributed by atoms with Gasteiger partial charge >= 0.3 is 0 Å². The third-order valence-electron chi connectivity index (χ3n) is 4.48. The zero-order valence-electron chi connectivity index (χ0n) is 15.8. The van der Waals surface area contributed by atoms with Crippen molar-refractivity contribution in [3.63, 3.8) is 0 Å². The Balaban J connectivity index is 1.87. The second kappa shape index (κ2) is 7.25. The van der Waals surface area contributed by atoms with Gasteiger partial charge in [0, 0.05) is 35.8 Å². The molecule has 0 saturated carbocycles. The fourth-order valence-electron chi connectivity index (χ4n) is 3.16. The Hall–Kier alpha value is -2.73. The molecular formula is C20H25N5O. The summed E-state index contributed by atoms with van der Waals surface area (Å²) in [5.41, 5.74) is 5.39. The van der Waals surface area contributed by atoms with Crippen LogP contribution in [0, 0.1) is 13.8 Å². The van der Waals surface area contributed by atoms with Crippen LogP contribution in [-0.2, 0) is 13.1 Å². The average Bonchev–Trinajstić information content (AvgIpc) is 3.01. The molecule has 3 rings (SSSR count). The van der Waals surface area contributed by atoms with Crippen molar-refractivity contribution in [3.05, 3.63) is 63.3 Å². The lowest BCUT2D eigenvalue weighted by Gasteiger charge is -2.11. The molecule has 26 heavy (non-hydrogen) atoms. The van der Waals surface area contributed by atoms with Gasteiger partial charge in [0.1, 0.15) is 0 Å². The van der Waals surface area contributed by atoms with E-state index < -0.39 is 0 Å². The summed E-state index contributed by atoms with van der Waals surface area (Å²) in [5, 5.41) is 8.87. The monoisotopic (exact) mass is 351 g/mol. The first-order chi connectivity index (χ1) is 12.4. The summed E-state index contributed by atoms with van der Waals surface area (Å²) in [4.78, 5) is 19.7. The Morgan fingerprint density at radius 3 is 2.73 bits per heavy atom. The van der Waals surface area contributed by atoms with Crippen LogP contribution in [0.2, 0.25) is 0 Å². The minimum Gasteiger partial charge on any atom is -0.326 e. The van der Waals surface area contributed by atoms with E-state index in [9.17, 15) is 4.79 Å². The van der Waals surface area contributed by atoms with Gasteiger partial charge in [-0.25, -0.2) is 9.67 Å². The minimum atomic E-state index is -0.0331. The summed E-state index contributed by atoms with van der Waals surface area (Å²) in [6.45, 7) is 13.0. The van der Waals surface area contributed by atoms with E-state index in [0.717, 1.165) is 39.1 Å². The van der Waals surface area contributed by atoms with Gasteiger partial charge in [-0.2, -0.15) is 5.10 Å². The van der Waals surface area contributed by atoms with Crippen molar-refractivity contribution in [2.45, 2.75) is 46.8 Å². The summed E-state index contributed by atoms with van der Waals surface area (Å²) in [6.07, 6.45) is 3.60. The molecule has 0 aliphatic carbocycles. The van der Waals surface area contributed by atoms with Gasteiger partial charge in [-0.05, 0) is 57.0 Å². The lowest BCUT2D eigenvalue weighted by Crippen LogP contribution is -2.23. The molecule has 0 fully saturated rings. The molecule has 0 aromatic carbocycles.